The fraction of sp³-hybridized carbons (Fsp3) is 0.543. The van der Waals surface area contributed by atoms with Crippen LogP contribution in [-0.2, 0) is 27.1 Å². The summed E-state index contributed by atoms with van der Waals surface area (Å²) in [5.41, 5.74) is 5.70. The molecule has 2 aromatic carbocycles. The number of ether oxygens (including phenoxy) is 2. The number of piperazine rings is 1. The number of aromatic amines is 1. The number of H-pyrrole nitrogens is 1. The van der Waals surface area contributed by atoms with E-state index in [0.717, 1.165) is 79.0 Å². The average molecular weight is 644 g/mol. The lowest BCUT2D eigenvalue weighted by atomic mass is 10.0. The van der Waals surface area contributed by atoms with Crippen molar-refractivity contribution < 1.29 is 23.9 Å². The van der Waals surface area contributed by atoms with E-state index in [1.807, 2.05) is 47.1 Å². The number of anilines is 1. The number of carbonyl (C=O) groups is 3. The van der Waals surface area contributed by atoms with Crippen LogP contribution in [0.1, 0.15) is 42.4 Å². The molecule has 3 fully saturated rings. The molecule has 2 N–H and O–H groups in total. The molecule has 3 aromatic rings. The Morgan fingerprint density at radius 3 is 2.51 bits per heavy atom. The van der Waals surface area contributed by atoms with Crippen LogP contribution in [0.25, 0.3) is 11.0 Å². The summed E-state index contributed by atoms with van der Waals surface area (Å²) < 4.78 is 11.6. The standard InChI is InChI=1S/C35H45N7O5/c1-24-20-25(21-30-32(24)37-23-36-30)22-31(33(43)40-16-14-39(15-17-40)27-9-18-46-19-10-27)47-35(45)41-11-7-28(8-12-41)42-13-6-26-4-2-3-5-29(26)38-34(42)44/h2-5,20-21,23,27-28,31H,6-19,22H2,1H3,(H,36,37)(H,38,44)/t31-/m1/s1. The fourth-order valence-electron chi connectivity index (χ4n) is 7.67. The first-order valence-electron chi connectivity index (χ1n) is 17.1. The Hall–Kier alpha value is -4.16. The highest BCUT2D eigenvalue weighted by Gasteiger charge is 2.36. The summed E-state index contributed by atoms with van der Waals surface area (Å²) in [7, 11) is 0. The van der Waals surface area contributed by atoms with Gasteiger partial charge >= 0.3 is 12.1 Å². The average Bonchev–Trinajstić information content (AvgIpc) is 3.52. The van der Waals surface area contributed by atoms with Crippen LogP contribution in [0.5, 0.6) is 0 Å². The van der Waals surface area contributed by atoms with E-state index in [1.54, 1.807) is 11.2 Å². The maximum atomic E-state index is 14.0. The molecule has 5 heterocycles. The van der Waals surface area contributed by atoms with Gasteiger partial charge in [0.2, 0.25) is 0 Å². The van der Waals surface area contributed by atoms with E-state index in [4.69, 9.17) is 9.47 Å². The molecule has 4 aliphatic heterocycles. The highest BCUT2D eigenvalue weighted by atomic mass is 16.6. The number of likely N-dealkylation sites (tertiary alicyclic amines) is 1. The summed E-state index contributed by atoms with van der Waals surface area (Å²) in [5, 5.41) is 3.06. The first-order valence-corrected chi connectivity index (χ1v) is 17.1. The first kappa shape index (κ1) is 31.4. The van der Waals surface area contributed by atoms with Gasteiger partial charge in [0.15, 0.2) is 6.10 Å². The number of carbonyl (C=O) groups excluding carboxylic acids is 3. The van der Waals surface area contributed by atoms with Crippen molar-refractivity contribution in [1.29, 1.82) is 0 Å². The van der Waals surface area contributed by atoms with Gasteiger partial charge < -0.3 is 34.5 Å². The second-order valence-electron chi connectivity index (χ2n) is 13.2. The van der Waals surface area contributed by atoms with Crippen LogP contribution in [-0.4, -0.2) is 125 Å². The smallest absolute Gasteiger partial charge is 0.410 e. The predicted octanol–water partition coefficient (Wildman–Crippen LogP) is 3.80. The molecule has 4 aliphatic rings. The van der Waals surface area contributed by atoms with Gasteiger partial charge in [-0.15, -0.1) is 0 Å². The zero-order chi connectivity index (χ0) is 32.3. The van der Waals surface area contributed by atoms with Crippen LogP contribution in [0.4, 0.5) is 15.3 Å². The van der Waals surface area contributed by atoms with E-state index in [2.05, 4.69) is 26.3 Å². The molecule has 4 amide bonds. The summed E-state index contributed by atoms with van der Waals surface area (Å²) in [6, 6.07) is 12.4. The van der Waals surface area contributed by atoms with Gasteiger partial charge in [-0.1, -0.05) is 24.3 Å². The third-order valence-electron chi connectivity index (χ3n) is 10.4. The number of hydrogen-bond donors (Lipinski definition) is 2. The second-order valence-corrected chi connectivity index (χ2v) is 13.2. The minimum atomic E-state index is -0.940. The zero-order valence-corrected chi connectivity index (χ0v) is 27.2. The number of aryl methyl sites for hydroxylation is 1. The fourth-order valence-corrected chi connectivity index (χ4v) is 7.67. The Bertz CT molecular complexity index is 1590. The maximum absolute atomic E-state index is 14.0. The molecule has 0 spiro atoms. The van der Waals surface area contributed by atoms with Gasteiger partial charge in [-0.2, -0.15) is 0 Å². The summed E-state index contributed by atoms with van der Waals surface area (Å²) in [5.74, 6) is -0.150. The summed E-state index contributed by atoms with van der Waals surface area (Å²) in [4.78, 5) is 56.3. The number of imidazole rings is 1. The van der Waals surface area contributed by atoms with Crippen LogP contribution < -0.4 is 5.32 Å². The molecule has 7 rings (SSSR count). The summed E-state index contributed by atoms with van der Waals surface area (Å²) in [6.45, 7) is 7.96. The molecule has 250 valence electrons. The van der Waals surface area contributed by atoms with Crippen LogP contribution in [0.3, 0.4) is 0 Å². The van der Waals surface area contributed by atoms with Crippen molar-refractivity contribution in [3.05, 3.63) is 59.4 Å². The number of benzene rings is 2. The Morgan fingerprint density at radius 2 is 1.72 bits per heavy atom. The summed E-state index contributed by atoms with van der Waals surface area (Å²) in [6.07, 6.45) is 4.67. The number of piperidine rings is 1. The van der Waals surface area contributed by atoms with E-state index in [0.29, 0.717) is 51.6 Å². The lowest BCUT2D eigenvalue weighted by Crippen LogP contribution is -2.56. The minimum absolute atomic E-state index is 0.0296. The van der Waals surface area contributed by atoms with Crippen LogP contribution >= 0.6 is 0 Å². The van der Waals surface area contributed by atoms with Crippen molar-refractivity contribution in [3.8, 4) is 0 Å². The van der Waals surface area contributed by atoms with E-state index in [9.17, 15) is 14.4 Å². The first-order chi connectivity index (χ1) is 22.9. The highest BCUT2D eigenvalue weighted by Crippen LogP contribution is 2.26. The Labute approximate surface area is 275 Å². The number of amides is 4. The largest absolute Gasteiger partial charge is 0.436 e. The monoisotopic (exact) mass is 643 g/mol. The Kier molecular flexibility index (Phi) is 9.30. The van der Waals surface area contributed by atoms with Gasteiger partial charge in [0, 0.05) is 83.2 Å². The molecule has 0 radical (unpaired) electrons. The van der Waals surface area contributed by atoms with Gasteiger partial charge in [0.25, 0.3) is 5.91 Å². The number of fused-ring (bicyclic) bond motifs is 2. The number of urea groups is 1. The molecule has 12 nitrogen and oxygen atoms in total. The molecular formula is C35H45N7O5. The molecule has 47 heavy (non-hydrogen) atoms. The SMILES string of the molecule is Cc1cc(C[C@@H](OC(=O)N2CCC(N3CCc4ccccc4NC3=O)CC2)C(=O)N2CCN(C3CCOCC3)CC2)cc2[nH]cnc12. The number of rotatable bonds is 6. The van der Waals surface area contributed by atoms with Crippen LogP contribution in [0.2, 0.25) is 0 Å². The molecule has 0 saturated carbocycles. The zero-order valence-electron chi connectivity index (χ0n) is 27.2. The van der Waals surface area contributed by atoms with Crippen molar-refractivity contribution in [2.24, 2.45) is 0 Å². The van der Waals surface area contributed by atoms with Crippen molar-refractivity contribution in [2.75, 3.05) is 64.3 Å². The number of aromatic nitrogens is 2. The van der Waals surface area contributed by atoms with Crippen molar-refractivity contribution in [3.63, 3.8) is 0 Å². The molecule has 0 unspecified atom stereocenters. The number of nitrogens with zero attached hydrogens (tertiary/aromatic N) is 5. The Morgan fingerprint density at radius 1 is 0.957 bits per heavy atom. The third kappa shape index (κ3) is 6.94. The van der Waals surface area contributed by atoms with E-state index >= 15 is 0 Å². The topological polar surface area (TPSA) is 123 Å². The van der Waals surface area contributed by atoms with E-state index in [1.165, 1.54) is 0 Å². The van der Waals surface area contributed by atoms with E-state index < -0.39 is 12.2 Å². The molecule has 1 aromatic heterocycles. The predicted molar refractivity (Wildman–Crippen MR) is 177 cm³/mol. The summed E-state index contributed by atoms with van der Waals surface area (Å²) >= 11 is 0. The lowest BCUT2D eigenvalue weighted by Gasteiger charge is -2.41. The quantitative estimate of drug-likeness (QED) is 0.419. The maximum Gasteiger partial charge on any atom is 0.410 e. The van der Waals surface area contributed by atoms with Gasteiger partial charge in [0.05, 0.1) is 17.4 Å². The number of para-hydroxylation sites is 1. The van der Waals surface area contributed by atoms with Crippen LogP contribution in [0, 0.1) is 6.92 Å². The normalized spacial score (nSPS) is 20.9. The van der Waals surface area contributed by atoms with Crippen molar-refractivity contribution in [1.82, 2.24) is 29.6 Å². The highest BCUT2D eigenvalue weighted by molar-refractivity contribution is 5.91. The molecule has 0 bridgehead atoms. The number of hydrogen-bond acceptors (Lipinski definition) is 7. The molecule has 0 aliphatic carbocycles. The minimum Gasteiger partial charge on any atom is -0.436 e. The van der Waals surface area contributed by atoms with Gasteiger partial charge in [0.1, 0.15) is 0 Å². The van der Waals surface area contributed by atoms with Crippen molar-refractivity contribution >= 4 is 34.8 Å². The van der Waals surface area contributed by atoms with Gasteiger partial charge in [-0.3, -0.25) is 9.69 Å². The van der Waals surface area contributed by atoms with E-state index in [-0.39, 0.29) is 24.4 Å². The molecule has 1 atom stereocenters. The Balaban J connectivity index is 1.00. The van der Waals surface area contributed by atoms with Crippen LogP contribution in [0.15, 0.2) is 42.7 Å². The van der Waals surface area contributed by atoms with Gasteiger partial charge in [-0.25, -0.2) is 14.6 Å². The number of nitrogens with one attached hydrogen (secondary N) is 2. The molecule has 3 saturated heterocycles. The molecule has 12 heteroatoms. The second kappa shape index (κ2) is 13.9. The lowest BCUT2D eigenvalue weighted by molar-refractivity contribution is -0.143. The molecular weight excluding hydrogens is 598 g/mol. The van der Waals surface area contributed by atoms with Crippen molar-refractivity contribution in [2.45, 2.75) is 63.6 Å². The van der Waals surface area contributed by atoms with Gasteiger partial charge in [-0.05, 0) is 67.9 Å². The third-order valence-corrected chi connectivity index (χ3v) is 10.4.